The van der Waals surface area contributed by atoms with E-state index in [0.717, 1.165) is 22.2 Å². The van der Waals surface area contributed by atoms with Crippen LogP contribution < -0.4 is 10.2 Å². The molecule has 30 heavy (non-hydrogen) atoms. The number of ether oxygens (including phenoxy) is 1. The van der Waals surface area contributed by atoms with E-state index < -0.39 is 0 Å². The Labute approximate surface area is 179 Å². The molecule has 0 fully saturated rings. The zero-order chi connectivity index (χ0) is 20.8. The standard InChI is InChI=1S/C24H20ClN3O2/c25-20-8-6-7-18(15-20)24(29)27-26-16-19-17-28(23-12-5-4-11-22(19)23)13-14-30-21-9-2-1-3-10-21/h1-12,15-17H,13-14H2,(H,27,29)/b26-16-. The monoisotopic (exact) mass is 417 g/mol. The fourth-order valence-corrected chi connectivity index (χ4v) is 3.39. The minimum Gasteiger partial charge on any atom is -0.492 e. The number of nitrogens with zero attached hydrogens (tertiary/aromatic N) is 2. The number of para-hydroxylation sites is 2. The molecule has 0 radical (unpaired) electrons. The third kappa shape index (κ3) is 4.70. The van der Waals surface area contributed by atoms with Gasteiger partial charge in [-0.25, -0.2) is 5.43 Å². The minimum atomic E-state index is -0.311. The first-order valence-electron chi connectivity index (χ1n) is 9.55. The fourth-order valence-electron chi connectivity index (χ4n) is 3.20. The van der Waals surface area contributed by atoms with Crippen molar-refractivity contribution in [2.75, 3.05) is 6.61 Å². The second kappa shape index (κ2) is 9.29. The average Bonchev–Trinajstić information content (AvgIpc) is 3.12. The molecule has 6 heteroatoms. The molecule has 1 amide bonds. The highest BCUT2D eigenvalue weighted by molar-refractivity contribution is 6.30. The van der Waals surface area contributed by atoms with Crippen molar-refractivity contribution in [3.05, 3.63) is 101 Å². The van der Waals surface area contributed by atoms with Crippen LogP contribution in [-0.2, 0) is 6.54 Å². The van der Waals surface area contributed by atoms with Crippen LogP contribution in [0.4, 0.5) is 0 Å². The summed E-state index contributed by atoms with van der Waals surface area (Å²) >= 11 is 5.94. The second-order valence-electron chi connectivity index (χ2n) is 6.67. The number of halogens is 1. The molecule has 0 unspecified atom stereocenters. The molecular weight excluding hydrogens is 398 g/mol. The molecule has 0 aliphatic heterocycles. The number of rotatable bonds is 7. The molecule has 0 bridgehead atoms. The van der Waals surface area contributed by atoms with E-state index >= 15 is 0 Å². The third-order valence-electron chi connectivity index (χ3n) is 4.62. The molecule has 4 aromatic rings. The lowest BCUT2D eigenvalue weighted by Crippen LogP contribution is -2.17. The predicted molar refractivity (Wildman–Crippen MR) is 120 cm³/mol. The Balaban J connectivity index is 1.46. The van der Waals surface area contributed by atoms with Gasteiger partial charge in [-0.1, -0.05) is 54.1 Å². The summed E-state index contributed by atoms with van der Waals surface area (Å²) in [6, 6.07) is 24.5. The van der Waals surface area contributed by atoms with Gasteiger partial charge < -0.3 is 9.30 Å². The van der Waals surface area contributed by atoms with Crippen LogP contribution >= 0.6 is 11.6 Å². The van der Waals surface area contributed by atoms with Crippen molar-refractivity contribution < 1.29 is 9.53 Å². The number of fused-ring (bicyclic) bond motifs is 1. The molecule has 1 heterocycles. The van der Waals surface area contributed by atoms with Gasteiger partial charge >= 0.3 is 0 Å². The first kappa shape index (κ1) is 19.7. The molecule has 0 aliphatic rings. The van der Waals surface area contributed by atoms with Crippen molar-refractivity contribution in [2.24, 2.45) is 5.10 Å². The van der Waals surface area contributed by atoms with Crippen LogP contribution in [0.1, 0.15) is 15.9 Å². The van der Waals surface area contributed by atoms with E-state index in [0.29, 0.717) is 23.7 Å². The molecule has 150 valence electrons. The summed E-state index contributed by atoms with van der Waals surface area (Å²) in [5.41, 5.74) is 5.00. The van der Waals surface area contributed by atoms with Crippen LogP contribution in [-0.4, -0.2) is 23.3 Å². The lowest BCUT2D eigenvalue weighted by molar-refractivity contribution is 0.0955. The van der Waals surface area contributed by atoms with E-state index in [-0.39, 0.29) is 5.91 Å². The zero-order valence-electron chi connectivity index (χ0n) is 16.2. The molecule has 0 atom stereocenters. The molecular formula is C24H20ClN3O2. The lowest BCUT2D eigenvalue weighted by atomic mass is 10.2. The van der Waals surface area contributed by atoms with Gasteiger partial charge in [0.25, 0.3) is 5.91 Å². The van der Waals surface area contributed by atoms with E-state index in [2.05, 4.69) is 21.2 Å². The van der Waals surface area contributed by atoms with Gasteiger partial charge in [0, 0.05) is 33.2 Å². The maximum atomic E-state index is 12.2. The van der Waals surface area contributed by atoms with Crippen LogP contribution in [0.2, 0.25) is 5.02 Å². The SMILES string of the molecule is O=C(N/N=C\c1cn(CCOc2ccccc2)c2ccccc12)c1cccc(Cl)c1. The van der Waals surface area contributed by atoms with Crippen molar-refractivity contribution >= 4 is 34.6 Å². The Morgan fingerprint density at radius 1 is 1.03 bits per heavy atom. The van der Waals surface area contributed by atoms with Gasteiger partial charge in [-0.15, -0.1) is 0 Å². The number of hydrazone groups is 1. The zero-order valence-corrected chi connectivity index (χ0v) is 16.9. The van der Waals surface area contributed by atoms with E-state index in [1.807, 2.05) is 54.7 Å². The molecule has 0 aliphatic carbocycles. The van der Waals surface area contributed by atoms with E-state index in [1.165, 1.54) is 0 Å². The molecule has 0 spiro atoms. The summed E-state index contributed by atoms with van der Waals surface area (Å²) < 4.78 is 7.94. The Kier molecular flexibility index (Phi) is 6.11. The number of nitrogens with one attached hydrogen (secondary N) is 1. The van der Waals surface area contributed by atoms with E-state index in [4.69, 9.17) is 16.3 Å². The van der Waals surface area contributed by atoms with Crippen LogP contribution in [0.15, 0.2) is 90.2 Å². The van der Waals surface area contributed by atoms with Gasteiger partial charge in [0.15, 0.2) is 0 Å². The number of hydrogen-bond acceptors (Lipinski definition) is 3. The van der Waals surface area contributed by atoms with Gasteiger partial charge in [0.2, 0.25) is 0 Å². The van der Waals surface area contributed by atoms with Crippen molar-refractivity contribution in [1.82, 2.24) is 9.99 Å². The quantitative estimate of drug-likeness (QED) is 0.334. The largest absolute Gasteiger partial charge is 0.492 e. The van der Waals surface area contributed by atoms with Crippen LogP contribution in [0, 0.1) is 0 Å². The smallest absolute Gasteiger partial charge is 0.271 e. The predicted octanol–water partition coefficient (Wildman–Crippen LogP) is 5.14. The number of amides is 1. The molecule has 0 saturated carbocycles. The summed E-state index contributed by atoms with van der Waals surface area (Å²) in [5.74, 6) is 0.535. The van der Waals surface area contributed by atoms with Gasteiger partial charge in [-0.3, -0.25) is 4.79 Å². The molecule has 1 N–H and O–H groups in total. The number of hydrogen-bond donors (Lipinski definition) is 1. The highest BCUT2D eigenvalue weighted by Gasteiger charge is 2.08. The Morgan fingerprint density at radius 2 is 1.83 bits per heavy atom. The molecule has 4 rings (SSSR count). The van der Waals surface area contributed by atoms with Crippen LogP contribution in [0.3, 0.4) is 0 Å². The van der Waals surface area contributed by atoms with Gasteiger partial charge in [0.1, 0.15) is 12.4 Å². The van der Waals surface area contributed by atoms with Gasteiger partial charge in [-0.2, -0.15) is 5.10 Å². The number of carbonyl (C=O) groups is 1. The number of benzene rings is 3. The second-order valence-corrected chi connectivity index (χ2v) is 7.10. The lowest BCUT2D eigenvalue weighted by Gasteiger charge is -2.08. The summed E-state index contributed by atoms with van der Waals surface area (Å²) in [4.78, 5) is 12.2. The highest BCUT2D eigenvalue weighted by Crippen LogP contribution is 2.20. The molecule has 3 aromatic carbocycles. The number of carbonyl (C=O) groups excluding carboxylic acids is 1. The Hall–Kier alpha value is -3.57. The van der Waals surface area contributed by atoms with E-state index in [9.17, 15) is 4.79 Å². The highest BCUT2D eigenvalue weighted by atomic mass is 35.5. The van der Waals surface area contributed by atoms with Crippen LogP contribution in [0.25, 0.3) is 10.9 Å². The maximum Gasteiger partial charge on any atom is 0.271 e. The van der Waals surface area contributed by atoms with Crippen molar-refractivity contribution in [3.63, 3.8) is 0 Å². The summed E-state index contributed by atoms with van der Waals surface area (Å²) in [5, 5.41) is 5.69. The minimum absolute atomic E-state index is 0.311. The summed E-state index contributed by atoms with van der Waals surface area (Å²) in [6.45, 7) is 1.24. The van der Waals surface area contributed by atoms with Crippen molar-refractivity contribution in [1.29, 1.82) is 0 Å². The summed E-state index contributed by atoms with van der Waals surface area (Å²) in [7, 11) is 0. The Morgan fingerprint density at radius 3 is 2.67 bits per heavy atom. The topological polar surface area (TPSA) is 55.6 Å². The van der Waals surface area contributed by atoms with Crippen molar-refractivity contribution in [3.8, 4) is 5.75 Å². The first-order chi connectivity index (χ1) is 14.7. The molecule has 5 nitrogen and oxygen atoms in total. The Bertz CT molecular complexity index is 1190. The normalized spacial score (nSPS) is 11.1. The van der Waals surface area contributed by atoms with Gasteiger partial charge in [0.05, 0.1) is 12.8 Å². The third-order valence-corrected chi connectivity index (χ3v) is 4.86. The first-order valence-corrected chi connectivity index (χ1v) is 9.93. The number of aromatic nitrogens is 1. The average molecular weight is 418 g/mol. The summed E-state index contributed by atoms with van der Waals surface area (Å²) in [6.07, 6.45) is 3.66. The molecule has 1 aromatic heterocycles. The maximum absolute atomic E-state index is 12.2. The molecule has 0 saturated heterocycles. The van der Waals surface area contributed by atoms with Crippen molar-refractivity contribution in [2.45, 2.75) is 6.54 Å². The van der Waals surface area contributed by atoms with Crippen LogP contribution in [0.5, 0.6) is 5.75 Å². The van der Waals surface area contributed by atoms with Gasteiger partial charge in [-0.05, 0) is 36.4 Å². The van der Waals surface area contributed by atoms with E-state index in [1.54, 1.807) is 30.5 Å². The fraction of sp³-hybridized carbons (Fsp3) is 0.0833.